The van der Waals surface area contributed by atoms with Gasteiger partial charge in [-0.25, -0.2) is 18.1 Å². The number of piperazine rings is 2. The van der Waals surface area contributed by atoms with Gasteiger partial charge in [-0.05, 0) is 166 Å². The first-order chi connectivity index (χ1) is 55.6. The van der Waals surface area contributed by atoms with E-state index in [1.165, 1.54) is 22.1 Å². The maximum atomic E-state index is 14.8. The number of aryl methyl sites for hydroxylation is 1. The number of halogens is 1. The number of thiazole rings is 1. The third-order valence-electron chi connectivity index (χ3n) is 24.4. The average molecular weight is 1650 g/mol. The van der Waals surface area contributed by atoms with Crippen molar-refractivity contribution in [3.05, 3.63) is 146 Å². The highest BCUT2D eigenvalue weighted by atomic mass is 35.5. The summed E-state index contributed by atoms with van der Waals surface area (Å²) >= 11 is 8.09. The number of fused-ring (bicyclic) bond motifs is 3. The molecular formula is C86H109ClN14O13S2. The number of allylic oxidation sites excluding steroid dienone is 1. The van der Waals surface area contributed by atoms with Crippen LogP contribution in [0, 0.1) is 33.8 Å². The van der Waals surface area contributed by atoms with Crippen molar-refractivity contribution in [3.8, 4) is 22.1 Å². The molecule has 0 unspecified atom stereocenters. The number of nitrogens with zero attached hydrogens (tertiary/aromatic N) is 9. The van der Waals surface area contributed by atoms with Gasteiger partial charge in [0.25, 0.3) is 21.6 Å². The molecule has 2 aliphatic carbocycles. The predicted molar refractivity (Wildman–Crippen MR) is 449 cm³/mol. The number of hydrogen-bond acceptors (Lipinski definition) is 21. The molecule has 5 aliphatic heterocycles. The molecular weight excluding hydrogens is 1540 g/mol. The smallest absolute Gasteiger partial charge is 0.297 e. The Balaban J connectivity index is 0.561. The predicted octanol–water partition coefficient (Wildman–Crippen LogP) is 12.3. The van der Waals surface area contributed by atoms with Gasteiger partial charge in [0.2, 0.25) is 29.5 Å². The second-order valence-electron chi connectivity index (χ2n) is 34.1. The Labute approximate surface area is 687 Å². The maximum Gasteiger partial charge on any atom is 0.297 e. The molecule has 1 saturated carbocycles. The number of ether oxygens (including phenoxy) is 2. The number of pyridine rings is 1. The summed E-state index contributed by atoms with van der Waals surface area (Å²) in [5.74, 6) is -1.18. The Bertz CT molecular complexity index is 4900. The number of nitro benzene ring substituents is 1. The van der Waals surface area contributed by atoms with Crippen LogP contribution < -0.4 is 39.9 Å². The molecule has 0 radical (unpaired) electrons. The highest BCUT2D eigenvalue weighted by Crippen LogP contribution is 2.47. The number of benzene rings is 4. The molecule has 3 saturated heterocycles. The van der Waals surface area contributed by atoms with Crippen molar-refractivity contribution in [3.63, 3.8) is 0 Å². The first kappa shape index (κ1) is 83.3. The van der Waals surface area contributed by atoms with Crippen molar-refractivity contribution in [1.29, 1.82) is 0 Å². The normalized spacial score (nSPS) is 22.2. The fourth-order valence-corrected chi connectivity index (χ4v) is 19.8. The van der Waals surface area contributed by atoms with Crippen molar-refractivity contribution in [1.82, 2.24) is 49.9 Å². The molecule has 8 heterocycles. The highest BCUT2D eigenvalue weighted by molar-refractivity contribution is 7.90. The van der Waals surface area contributed by atoms with Crippen LogP contribution in [-0.2, 0) is 29.2 Å². The number of β-amino-alcohol motifs (C(OH)–C–C–N with tert-alkyl or cyclic N) is 1. The van der Waals surface area contributed by atoms with E-state index in [1.54, 1.807) is 23.6 Å². The summed E-state index contributed by atoms with van der Waals surface area (Å²) in [4.78, 5) is 108. The Hall–Kier alpha value is -9.23. The number of aliphatic hydroxyl groups is 2. The van der Waals surface area contributed by atoms with Crippen molar-refractivity contribution >= 4 is 108 Å². The summed E-state index contributed by atoms with van der Waals surface area (Å²) in [7, 11) is -4.74. The van der Waals surface area contributed by atoms with Crippen LogP contribution in [0.1, 0.15) is 171 Å². The maximum absolute atomic E-state index is 14.8. The van der Waals surface area contributed by atoms with Gasteiger partial charge in [-0.3, -0.25) is 43.9 Å². The van der Waals surface area contributed by atoms with Crippen molar-refractivity contribution in [2.75, 3.05) is 107 Å². The number of unbranched alkanes of at least 4 members (excludes halogenated alkanes) is 3. The van der Waals surface area contributed by atoms with Crippen LogP contribution in [0.5, 0.6) is 11.6 Å². The molecule has 4 aromatic carbocycles. The molecule has 620 valence electrons. The largest absolute Gasteiger partial charge is 0.489 e. The number of carbonyl (C=O) groups excluding carboxylic acids is 5. The lowest BCUT2D eigenvalue weighted by Gasteiger charge is -2.44. The number of rotatable bonds is 26. The number of aromatic amines is 1. The molecule has 3 aromatic heterocycles. The van der Waals surface area contributed by atoms with Gasteiger partial charge >= 0.3 is 0 Å². The van der Waals surface area contributed by atoms with Crippen molar-refractivity contribution in [2.45, 2.75) is 186 Å². The fourth-order valence-electron chi connectivity index (χ4n) is 17.8. The lowest BCUT2D eigenvalue weighted by molar-refractivity contribution is -0.384. The number of nitro groups is 1. The number of amides is 5. The second kappa shape index (κ2) is 35.9. The molecule has 116 heavy (non-hydrogen) atoms. The van der Waals surface area contributed by atoms with E-state index in [0.29, 0.717) is 118 Å². The summed E-state index contributed by atoms with van der Waals surface area (Å²) in [6.07, 6.45) is 11.2. The Kier molecular flexibility index (Phi) is 25.8. The first-order valence-corrected chi connectivity index (χ1v) is 43.9. The third kappa shape index (κ3) is 19.6. The summed E-state index contributed by atoms with van der Waals surface area (Å²) in [5.41, 5.74) is 10.0. The van der Waals surface area contributed by atoms with E-state index in [2.05, 4.69) is 64.4 Å². The van der Waals surface area contributed by atoms with E-state index >= 15 is 0 Å². The topological polar surface area (TPSA) is 331 Å². The van der Waals surface area contributed by atoms with Crippen LogP contribution in [0.3, 0.4) is 0 Å². The lowest BCUT2D eigenvalue weighted by Crippen LogP contribution is -2.57. The van der Waals surface area contributed by atoms with E-state index in [1.807, 2.05) is 111 Å². The zero-order valence-electron chi connectivity index (χ0n) is 67.2. The fraction of sp³-hybridized carbons (Fsp3) is 0.523. The van der Waals surface area contributed by atoms with Crippen LogP contribution in [0.15, 0.2) is 113 Å². The summed E-state index contributed by atoms with van der Waals surface area (Å²) in [6, 6.07) is 25.1. The molecule has 5 amide bonds. The van der Waals surface area contributed by atoms with Crippen molar-refractivity contribution < 1.29 is 57.0 Å². The van der Waals surface area contributed by atoms with E-state index in [0.717, 1.165) is 129 Å². The number of nitrogens with one attached hydrogen (secondary N) is 5. The molecule has 0 bridgehead atoms. The van der Waals surface area contributed by atoms with E-state index in [-0.39, 0.29) is 84.3 Å². The van der Waals surface area contributed by atoms with Gasteiger partial charge in [0, 0.05) is 132 Å². The zero-order chi connectivity index (χ0) is 81.7. The number of carbonyl (C=O) groups is 5. The minimum atomic E-state index is -4.74. The van der Waals surface area contributed by atoms with E-state index in [4.69, 9.17) is 26.1 Å². The third-order valence-corrected chi connectivity index (χ3v) is 26.9. The zero-order valence-corrected chi connectivity index (χ0v) is 69.6. The Morgan fingerprint density at radius 3 is 2.27 bits per heavy atom. The van der Waals surface area contributed by atoms with Crippen LogP contribution in [-0.4, -0.2) is 210 Å². The SMILES string of the molecule is Cc1ncsc1-c1ccc([C@H](C)NC(=O)[C@@H]2C[C@@H](O)CN2C(=O)[C@@H](NC(=O)CCCCCCC(=O)N2CCN(C[C@@]3(C)CCC(CN4CCN(c5ccc(C(=O)NS(=O)(=O)c6cc7c(c([N+](=O)[O-])c6)N[C@H](CC6CCC(O)CC6)CO7)c(N6CCCOc7nc8[nH]ccc8cc76)c5)CC4)=C(c4ccc(Cl)cc4)C3)CC2)C(C)(C)C)cc1. The number of aromatic nitrogens is 3. The molecule has 14 rings (SSSR count). The van der Waals surface area contributed by atoms with Gasteiger partial charge < -0.3 is 60.2 Å². The molecule has 7 aliphatic rings. The molecule has 30 heteroatoms. The standard InChI is InChI=1S/C86H109ClN14O13S2/c1-54(57-16-18-59(19-17-57)78-55(2)89-53-115-78)90-82(107)72-45-66(103)50-100(72)84(108)79(85(3,4)5)92-75(104)12-9-7-8-10-13-76(105)98-39-35-96(36-40-98)52-86(6)30-28-61(69(48-86)58-20-22-62(87)23-21-58)49-95-33-37-97(38-34-95)64-24-27-68(70(44-64)99-32-11-41-113-83-73(99)43-60-29-31-88-80(60)93-83)81(106)94-116(111,112)67-46-71(101(109)110)77-74(47-67)114-51-63(91-77)42-56-14-25-65(102)26-15-56/h16-24,27,29,31,43-44,46-47,53-54,56,63,65-66,72,79,91,102-103H,7-15,25-26,28,30,32-42,45,48-52H2,1-6H3,(H,88,93)(H,90,107)(H,92,104)(H,94,106)/t54-,56?,63+,65?,66+,72-,79+,86-/m0/s1. The lowest BCUT2D eigenvalue weighted by atomic mass is 9.70. The van der Waals surface area contributed by atoms with Crippen LogP contribution in [0.2, 0.25) is 5.02 Å². The molecule has 7 N–H and O–H groups in total. The monoisotopic (exact) mass is 1640 g/mol. The number of anilines is 4. The van der Waals surface area contributed by atoms with Crippen LogP contribution in [0.4, 0.5) is 28.4 Å². The van der Waals surface area contributed by atoms with Crippen molar-refractivity contribution in [2.24, 2.45) is 16.7 Å². The summed E-state index contributed by atoms with van der Waals surface area (Å²) in [5, 5.41) is 44.3. The minimum Gasteiger partial charge on any atom is -0.489 e. The van der Waals surface area contributed by atoms with Gasteiger partial charge in [0.05, 0.1) is 68.0 Å². The Morgan fingerprint density at radius 1 is 0.828 bits per heavy atom. The molecule has 4 fully saturated rings. The molecule has 6 atom stereocenters. The number of sulfonamides is 1. The number of aliphatic hydroxyl groups excluding tert-OH is 2. The van der Waals surface area contributed by atoms with E-state index in [9.17, 15) is 52.7 Å². The van der Waals surface area contributed by atoms with Gasteiger partial charge in [-0.15, -0.1) is 11.3 Å². The first-order valence-electron chi connectivity index (χ1n) is 41.1. The van der Waals surface area contributed by atoms with Gasteiger partial charge in [0.1, 0.15) is 30.0 Å². The molecule has 0 spiro atoms. The van der Waals surface area contributed by atoms with Crippen LogP contribution in [0.25, 0.3) is 27.0 Å². The summed E-state index contributed by atoms with van der Waals surface area (Å²) in [6.45, 7) is 20.1. The number of hydrogen-bond donors (Lipinski definition) is 7. The van der Waals surface area contributed by atoms with Gasteiger partial charge in [-0.2, -0.15) is 4.98 Å². The van der Waals surface area contributed by atoms with Gasteiger partial charge in [-0.1, -0.05) is 94.1 Å². The van der Waals surface area contributed by atoms with E-state index < -0.39 is 60.9 Å². The van der Waals surface area contributed by atoms with Crippen LogP contribution >= 0.6 is 22.9 Å². The molecule has 27 nitrogen and oxygen atoms in total. The summed E-state index contributed by atoms with van der Waals surface area (Å²) < 4.78 is 43.4. The highest BCUT2D eigenvalue weighted by Gasteiger charge is 2.46. The average Bonchev–Trinajstić information content (AvgIpc) is 1.15. The minimum absolute atomic E-state index is 0.00624. The number of H-pyrrole nitrogens is 1. The number of likely N-dealkylation sites (tertiary alicyclic amines) is 1. The second-order valence-corrected chi connectivity index (χ2v) is 37.1. The Morgan fingerprint density at radius 2 is 1.55 bits per heavy atom. The van der Waals surface area contributed by atoms with Gasteiger partial charge in [0.15, 0.2) is 11.4 Å². The molecule has 7 aromatic rings. The quantitative estimate of drug-likeness (QED) is 0.0150.